The van der Waals surface area contributed by atoms with Crippen molar-refractivity contribution in [1.82, 2.24) is 25.4 Å². The van der Waals surface area contributed by atoms with E-state index in [-0.39, 0.29) is 30.1 Å². The third-order valence-electron chi connectivity index (χ3n) is 6.79. The molecule has 0 unspecified atom stereocenters. The number of aryl methyl sites for hydroxylation is 1. The van der Waals surface area contributed by atoms with E-state index in [1.165, 1.54) is 6.07 Å². The molecule has 0 atom stereocenters. The van der Waals surface area contributed by atoms with Crippen LogP contribution in [0.5, 0.6) is 5.88 Å². The van der Waals surface area contributed by atoms with Crippen LogP contribution in [0, 0.1) is 6.92 Å². The number of fused-ring (bicyclic) bond motifs is 1. The highest BCUT2D eigenvalue weighted by Crippen LogP contribution is 2.35. The lowest BCUT2D eigenvalue weighted by molar-refractivity contribution is -0.154. The summed E-state index contributed by atoms with van der Waals surface area (Å²) in [5.41, 5.74) is 0.443. The molecule has 0 radical (unpaired) electrons. The molecule has 198 valence electrons. The first-order valence-corrected chi connectivity index (χ1v) is 12.2. The molecule has 8 nitrogen and oxygen atoms in total. The highest BCUT2D eigenvalue weighted by Gasteiger charge is 2.36. The maximum atomic E-state index is 15.5. The smallest absolute Gasteiger partial charge is 0.422 e. The second-order valence-electron chi connectivity index (χ2n) is 9.64. The van der Waals surface area contributed by atoms with E-state index in [1.807, 2.05) is 0 Å². The van der Waals surface area contributed by atoms with Crippen LogP contribution in [-0.2, 0) is 24.1 Å². The summed E-state index contributed by atoms with van der Waals surface area (Å²) in [6.45, 7) is 2.28. The fourth-order valence-electron chi connectivity index (χ4n) is 4.78. The minimum absolute atomic E-state index is 0.0141. The minimum atomic E-state index is -4.41. The van der Waals surface area contributed by atoms with Crippen molar-refractivity contribution >= 4 is 5.91 Å². The Morgan fingerprint density at radius 3 is 2.67 bits per heavy atom. The second-order valence-corrected chi connectivity index (χ2v) is 9.64. The normalized spacial score (nSPS) is 23.1. The summed E-state index contributed by atoms with van der Waals surface area (Å²) >= 11 is 0. The van der Waals surface area contributed by atoms with Gasteiger partial charge in [-0.3, -0.25) is 4.79 Å². The van der Waals surface area contributed by atoms with Crippen LogP contribution in [0.25, 0.3) is 0 Å². The van der Waals surface area contributed by atoms with E-state index in [2.05, 4.69) is 25.4 Å². The molecule has 1 amide bonds. The molecule has 1 aliphatic carbocycles. The first-order chi connectivity index (χ1) is 17.1. The lowest BCUT2D eigenvalue weighted by Gasteiger charge is -2.35. The molecule has 3 heterocycles. The van der Waals surface area contributed by atoms with Crippen LogP contribution < -0.4 is 10.1 Å². The Bertz CT molecular complexity index is 1040. The molecule has 0 aromatic carbocycles. The van der Waals surface area contributed by atoms with Gasteiger partial charge in [-0.1, -0.05) is 6.07 Å². The first-order valence-electron chi connectivity index (χ1n) is 12.2. The number of carbonyl (C=O) groups is 1. The highest BCUT2D eigenvalue weighted by molar-refractivity contribution is 5.77. The van der Waals surface area contributed by atoms with Crippen molar-refractivity contribution in [2.45, 2.75) is 76.2 Å². The predicted octanol–water partition coefficient (Wildman–Crippen LogP) is 3.51. The molecule has 12 heteroatoms. The fraction of sp³-hybridized carbons (Fsp3) is 0.667. The van der Waals surface area contributed by atoms with Gasteiger partial charge in [-0.25, -0.2) is 9.37 Å². The van der Waals surface area contributed by atoms with Crippen molar-refractivity contribution < 1.29 is 31.5 Å². The number of rotatable bonds is 8. The van der Waals surface area contributed by atoms with E-state index in [1.54, 1.807) is 13.0 Å². The molecule has 2 aromatic rings. The number of alkyl halides is 4. The summed E-state index contributed by atoms with van der Waals surface area (Å²) < 4.78 is 62.7. The summed E-state index contributed by atoms with van der Waals surface area (Å²) in [4.78, 5) is 18.7. The van der Waals surface area contributed by atoms with Crippen LogP contribution in [0.1, 0.15) is 55.1 Å². The van der Waals surface area contributed by atoms with Crippen molar-refractivity contribution in [3.05, 3.63) is 35.2 Å². The molecule has 1 fully saturated rings. The monoisotopic (exact) mass is 513 g/mol. The SMILES string of the molecule is Cc1nnc(CC(=O)N[C@H]2CC[C@](F)(CCN3CCc4ccc(OCC(F)(F)F)nc4CC3)CC2)o1. The number of hydrogen-bond acceptors (Lipinski definition) is 7. The number of hydrogen-bond donors (Lipinski definition) is 1. The van der Waals surface area contributed by atoms with Crippen LogP contribution in [0.15, 0.2) is 16.5 Å². The van der Waals surface area contributed by atoms with Gasteiger partial charge in [0.15, 0.2) is 6.61 Å². The Balaban J connectivity index is 1.19. The first kappa shape index (κ1) is 26.3. The van der Waals surface area contributed by atoms with Crippen LogP contribution >= 0.6 is 0 Å². The third-order valence-corrected chi connectivity index (χ3v) is 6.79. The van der Waals surface area contributed by atoms with Gasteiger partial charge in [0.2, 0.25) is 23.6 Å². The standard InChI is InChI=1S/C24H31F4N5O3/c1-16-31-32-22(36-16)14-20(34)29-18-4-8-23(25,9-5-18)10-13-33-11-6-17-2-3-21(30-19(17)7-12-33)35-15-24(26,27)28/h2-3,18H,4-15H2,1H3,(H,29,34)/t18-,23+. The molecule has 0 saturated heterocycles. The Labute approximate surface area is 206 Å². The van der Waals surface area contributed by atoms with Gasteiger partial charge in [-0.2, -0.15) is 13.2 Å². The number of ether oxygens (including phenoxy) is 1. The van der Waals surface area contributed by atoms with Crippen molar-refractivity contribution in [3.63, 3.8) is 0 Å². The Hall–Kier alpha value is -2.76. The quantitative estimate of drug-likeness (QED) is 0.540. The van der Waals surface area contributed by atoms with E-state index in [4.69, 9.17) is 9.15 Å². The number of pyridine rings is 1. The van der Waals surface area contributed by atoms with Gasteiger partial charge >= 0.3 is 6.18 Å². The predicted molar refractivity (Wildman–Crippen MR) is 121 cm³/mol. The summed E-state index contributed by atoms with van der Waals surface area (Å²) in [6, 6.07) is 3.17. The Morgan fingerprint density at radius 2 is 1.97 bits per heavy atom. The lowest BCUT2D eigenvalue weighted by atomic mass is 9.81. The van der Waals surface area contributed by atoms with Crippen molar-refractivity contribution in [1.29, 1.82) is 0 Å². The maximum Gasteiger partial charge on any atom is 0.422 e. The zero-order valence-electron chi connectivity index (χ0n) is 20.2. The van der Waals surface area contributed by atoms with Gasteiger partial charge in [-0.15, -0.1) is 10.2 Å². The van der Waals surface area contributed by atoms with E-state index < -0.39 is 18.5 Å². The molecule has 2 aliphatic rings. The largest absolute Gasteiger partial charge is 0.468 e. The number of aromatic nitrogens is 3. The number of amides is 1. The van der Waals surface area contributed by atoms with Crippen LogP contribution in [0.4, 0.5) is 17.6 Å². The van der Waals surface area contributed by atoms with Gasteiger partial charge in [0.25, 0.3) is 0 Å². The molecule has 0 bridgehead atoms. The number of carbonyl (C=O) groups excluding carboxylic acids is 1. The lowest BCUT2D eigenvalue weighted by Crippen LogP contribution is -2.43. The van der Waals surface area contributed by atoms with E-state index in [9.17, 15) is 18.0 Å². The van der Waals surface area contributed by atoms with Crippen molar-refractivity contribution in [2.75, 3.05) is 26.2 Å². The highest BCUT2D eigenvalue weighted by atomic mass is 19.4. The molecule has 1 saturated carbocycles. The third kappa shape index (κ3) is 7.62. The molecule has 4 rings (SSSR count). The zero-order chi connectivity index (χ0) is 25.8. The Kier molecular flexibility index (Phi) is 8.11. The summed E-state index contributed by atoms with van der Waals surface area (Å²) in [5.74, 6) is 0.431. The van der Waals surface area contributed by atoms with Crippen molar-refractivity contribution in [3.8, 4) is 5.88 Å². The van der Waals surface area contributed by atoms with Gasteiger partial charge in [-0.05, 0) is 44.1 Å². The summed E-state index contributed by atoms with van der Waals surface area (Å²) in [6.07, 6.45) is -0.811. The number of nitrogens with zero attached hydrogens (tertiary/aromatic N) is 4. The molecule has 0 spiro atoms. The maximum absolute atomic E-state index is 15.5. The summed E-state index contributed by atoms with van der Waals surface area (Å²) in [5, 5.41) is 10.5. The average molecular weight is 514 g/mol. The summed E-state index contributed by atoms with van der Waals surface area (Å²) in [7, 11) is 0. The van der Waals surface area contributed by atoms with Gasteiger partial charge in [0, 0.05) is 50.8 Å². The minimum Gasteiger partial charge on any atom is -0.468 e. The molecule has 1 aliphatic heterocycles. The average Bonchev–Trinajstić information content (AvgIpc) is 3.11. The second kappa shape index (κ2) is 11.1. The van der Waals surface area contributed by atoms with Gasteiger partial charge < -0.3 is 19.4 Å². The van der Waals surface area contributed by atoms with Crippen molar-refractivity contribution in [2.24, 2.45) is 0 Å². The molecule has 1 N–H and O–H groups in total. The van der Waals surface area contributed by atoms with E-state index in [0.717, 1.165) is 17.8 Å². The molecular formula is C24H31F4N5O3. The van der Waals surface area contributed by atoms with Gasteiger partial charge in [0.05, 0.1) is 0 Å². The van der Waals surface area contributed by atoms with Crippen LogP contribution in [0.3, 0.4) is 0 Å². The van der Waals surface area contributed by atoms with Crippen LogP contribution in [-0.4, -0.2) is 70.1 Å². The van der Waals surface area contributed by atoms with E-state index in [0.29, 0.717) is 63.9 Å². The molecular weight excluding hydrogens is 482 g/mol. The van der Waals surface area contributed by atoms with Gasteiger partial charge in [0.1, 0.15) is 12.1 Å². The molecule has 2 aromatic heterocycles. The topological polar surface area (TPSA) is 93.4 Å². The number of nitrogens with one attached hydrogen (secondary N) is 1. The molecule has 36 heavy (non-hydrogen) atoms. The van der Waals surface area contributed by atoms with Crippen LogP contribution in [0.2, 0.25) is 0 Å². The zero-order valence-corrected chi connectivity index (χ0v) is 20.2. The fourth-order valence-corrected chi connectivity index (χ4v) is 4.78. The van der Waals surface area contributed by atoms with E-state index >= 15 is 4.39 Å². The number of halogens is 4. The Morgan fingerprint density at radius 1 is 1.22 bits per heavy atom.